The number of rotatable bonds is 5. The Balaban J connectivity index is 1.96. The predicted molar refractivity (Wildman–Crippen MR) is 102 cm³/mol. The Kier molecular flexibility index (Phi) is 5.08. The van der Waals surface area contributed by atoms with E-state index in [4.69, 9.17) is 19.0 Å². The number of fused-ring (bicyclic) bond motifs is 1. The SMILES string of the molecule is CCOC(=O)CC(B1OC(C)(C)C(C)(C)O1)c1ccc2ccccc2n1. The number of carbonyl (C=O) groups is 1. The van der Waals surface area contributed by atoms with Gasteiger partial charge in [-0.15, -0.1) is 0 Å². The van der Waals surface area contributed by atoms with Crippen molar-refractivity contribution in [3.05, 3.63) is 42.1 Å². The summed E-state index contributed by atoms with van der Waals surface area (Å²) in [4.78, 5) is 17.0. The molecule has 1 aromatic heterocycles. The summed E-state index contributed by atoms with van der Waals surface area (Å²) in [6.45, 7) is 10.2. The smallest absolute Gasteiger partial charge is 0.466 e. The van der Waals surface area contributed by atoms with Crippen LogP contribution in [0.15, 0.2) is 36.4 Å². The van der Waals surface area contributed by atoms with Crippen molar-refractivity contribution in [2.45, 2.75) is 58.1 Å². The summed E-state index contributed by atoms with van der Waals surface area (Å²) in [6.07, 6.45) is 0.163. The number of benzene rings is 1. The number of nitrogens with zero attached hydrogens (tertiary/aromatic N) is 1. The lowest BCUT2D eigenvalue weighted by atomic mass is 9.67. The average Bonchev–Trinajstić information content (AvgIpc) is 2.80. The highest BCUT2D eigenvalue weighted by Gasteiger charge is 2.54. The molecule has 1 aromatic carbocycles. The van der Waals surface area contributed by atoms with Crippen molar-refractivity contribution in [3.8, 4) is 0 Å². The van der Waals surface area contributed by atoms with Gasteiger partial charge in [-0.3, -0.25) is 9.78 Å². The monoisotopic (exact) mass is 355 g/mol. The molecule has 0 spiro atoms. The van der Waals surface area contributed by atoms with E-state index in [0.717, 1.165) is 16.6 Å². The minimum atomic E-state index is -0.557. The van der Waals surface area contributed by atoms with Crippen LogP contribution in [0.25, 0.3) is 10.9 Å². The van der Waals surface area contributed by atoms with E-state index in [1.165, 1.54) is 0 Å². The zero-order chi connectivity index (χ0) is 18.9. The molecule has 3 rings (SSSR count). The maximum Gasteiger partial charge on any atom is 0.468 e. The van der Waals surface area contributed by atoms with Crippen LogP contribution in [0.1, 0.15) is 52.6 Å². The first-order valence-corrected chi connectivity index (χ1v) is 9.10. The Morgan fingerprint density at radius 2 is 1.77 bits per heavy atom. The van der Waals surface area contributed by atoms with Gasteiger partial charge in [-0.1, -0.05) is 24.3 Å². The highest BCUT2D eigenvalue weighted by molar-refractivity contribution is 6.48. The summed E-state index contributed by atoms with van der Waals surface area (Å²) in [5.41, 5.74) is 0.716. The molecule has 2 heterocycles. The van der Waals surface area contributed by atoms with Gasteiger partial charge in [0.15, 0.2) is 0 Å². The molecule has 0 N–H and O–H groups in total. The number of ether oxygens (including phenoxy) is 1. The van der Waals surface area contributed by atoms with Gasteiger partial charge >= 0.3 is 13.1 Å². The summed E-state index contributed by atoms with van der Waals surface area (Å²) in [5.74, 6) is -0.609. The Morgan fingerprint density at radius 3 is 2.42 bits per heavy atom. The van der Waals surface area contributed by atoms with E-state index in [0.29, 0.717) is 6.61 Å². The molecule has 0 amide bonds. The average molecular weight is 355 g/mol. The normalized spacial score (nSPS) is 19.5. The maximum absolute atomic E-state index is 12.2. The van der Waals surface area contributed by atoms with Gasteiger partial charge in [0.05, 0.1) is 29.7 Å². The van der Waals surface area contributed by atoms with Gasteiger partial charge in [-0.05, 0) is 46.8 Å². The van der Waals surface area contributed by atoms with Gasteiger partial charge in [0.2, 0.25) is 0 Å². The van der Waals surface area contributed by atoms with Crippen LogP contribution in [0.5, 0.6) is 0 Å². The van der Waals surface area contributed by atoms with Crippen molar-refractivity contribution in [1.82, 2.24) is 4.98 Å². The van der Waals surface area contributed by atoms with E-state index in [9.17, 15) is 4.79 Å². The van der Waals surface area contributed by atoms with Crippen LogP contribution in [0, 0.1) is 0 Å². The van der Waals surface area contributed by atoms with Crippen molar-refractivity contribution in [2.75, 3.05) is 6.61 Å². The van der Waals surface area contributed by atoms with Gasteiger partial charge in [-0.25, -0.2) is 0 Å². The van der Waals surface area contributed by atoms with Crippen LogP contribution < -0.4 is 0 Å². The highest BCUT2D eigenvalue weighted by Crippen LogP contribution is 2.41. The number of carbonyl (C=O) groups excluding carboxylic acids is 1. The van der Waals surface area contributed by atoms with Gasteiger partial charge in [0.25, 0.3) is 0 Å². The standard InChI is InChI=1S/C20H26BNO4/c1-6-24-18(23)13-15(21-25-19(2,3)20(4,5)26-21)17-12-11-14-9-7-8-10-16(14)22-17/h7-12,15H,6,13H2,1-5H3. The molecule has 1 unspecified atom stereocenters. The fraction of sp³-hybridized carbons (Fsp3) is 0.500. The fourth-order valence-electron chi connectivity index (χ4n) is 3.08. The van der Waals surface area contributed by atoms with Crippen LogP contribution in [-0.4, -0.2) is 35.9 Å². The first-order valence-electron chi connectivity index (χ1n) is 9.10. The molecule has 0 aliphatic carbocycles. The molecule has 1 aliphatic heterocycles. The molecular weight excluding hydrogens is 329 g/mol. The van der Waals surface area contributed by atoms with E-state index < -0.39 is 18.3 Å². The second-order valence-corrected chi connectivity index (χ2v) is 7.67. The lowest BCUT2D eigenvalue weighted by Gasteiger charge is -2.32. The molecule has 0 bridgehead atoms. The van der Waals surface area contributed by atoms with Gasteiger partial charge in [0, 0.05) is 16.9 Å². The number of hydrogen-bond donors (Lipinski definition) is 0. The third kappa shape index (κ3) is 3.62. The molecule has 1 atom stereocenters. The summed E-state index contributed by atoms with van der Waals surface area (Å²) >= 11 is 0. The van der Waals surface area contributed by atoms with Gasteiger partial charge < -0.3 is 14.0 Å². The summed E-state index contributed by atoms with van der Waals surface area (Å²) in [6, 6.07) is 11.9. The summed E-state index contributed by atoms with van der Waals surface area (Å²) < 4.78 is 17.6. The third-order valence-electron chi connectivity index (χ3n) is 5.29. The first-order chi connectivity index (χ1) is 12.2. The summed E-state index contributed by atoms with van der Waals surface area (Å²) in [5, 5.41) is 1.06. The molecule has 1 aliphatic rings. The van der Waals surface area contributed by atoms with E-state index in [2.05, 4.69) is 0 Å². The minimum Gasteiger partial charge on any atom is -0.466 e. The van der Waals surface area contributed by atoms with Crippen molar-refractivity contribution in [3.63, 3.8) is 0 Å². The molecular formula is C20H26BNO4. The van der Waals surface area contributed by atoms with Crippen molar-refractivity contribution >= 4 is 24.0 Å². The Bertz CT molecular complexity index is 789. The molecule has 1 saturated heterocycles. The lowest BCUT2D eigenvalue weighted by molar-refractivity contribution is -0.143. The van der Waals surface area contributed by atoms with Crippen LogP contribution in [0.2, 0.25) is 0 Å². The zero-order valence-corrected chi connectivity index (χ0v) is 16.1. The second-order valence-electron chi connectivity index (χ2n) is 7.67. The predicted octanol–water partition coefficient (Wildman–Crippen LogP) is 3.90. The Morgan fingerprint density at radius 1 is 1.12 bits per heavy atom. The third-order valence-corrected chi connectivity index (χ3v) is 5.29. The van der Waals surface area contributed by atoms with Crippen LogP contribution in [0.3, 0.4) is 0 Å². The zero-order valence-electron chi connectivity index (χ0n) is 16.1. The first kappa shape index (κ1) is 18.9. The second kappa shape index (κ2) is 7.01. The van der Waals surface area contributed by atoms with Crippen molar-refractivity contribution in [2.24, 2.45) is 0 Å². The fourth-order valence-corrected chi connectivity index (χ4v) is 3.08. The number of hydrogen-bond acceptors (Lipinski definition) is 5. The Labute approximate surface area is 155 Å². The molecule has 26 heavy (non-hydrogen) atoms. The molecule has 1 fully saturated rings. The number of pyridine rings is 1. The summed E-state index contributed by atoms with van der Waals surface area (Å²) in [7, 11) is -0.557. The number of para-hydroxylation sites is 1. The minimum absolute atomic E-state index is 0.163. The van der Waals surface area contributed by atoms with Crippen molar-refractivity contribution in [1.29, 1.82) is 0 Å². The van der Waals surface area contributed by atoms with Crippen LogP contribution in [0.4, 0.5) is 0 Å². The highest BCUT2D eigenvalue weighted by atomic mass is 16.7. The van der Waals surface area contributed by atoms with E-state index in [1.807, 2.05) is 64.1 Å². The van der Waals surface area contributed by atoms with Gasteiger partial charge in [-0.2, -0.15) is 0 Å². The van der Waals surface area contributed by atoms with Crippen molar-refractivity contribution < 1.29 is 18.8 Å². The van der Waals surface area contributed by atoms with Gasteiger partial charge in [0.1, 0.15) is 0 Å². The molecule has 0 radical (unpaired) electrons. The Hall–Kier alpha value is -1.92. The molecule has 5 nitrogen and oxygen atoms in total. The van der Waals surface area contributed by atoms with E-state index in [-0.39, 0.29) is 18.2 Å². The molecule has 6 heteroatoms. The van der Waals surface area contributed by atoms with E-state index >= 15 is 0 Å². The van der Waals surface area contributed by atoms with Crippen LogP contribution in [-0.2, 0) is 18.8 Å². The quantitative estimate of drug-likeness (QED) is 0.601. The largest absolute Gasteiger partial charge is 0.468 e. The number of esters is 1. The molecule has 0 saturated carbocycles. The topological polar surface area (TPSA) is 57.7 Å². The lowest BCUT2D eigenvalue weighted by Crippen LogP contribution is -2.41. The molecule has 138 valence electrons. The van der Waals surface area contributed by atoms with E-state index in [1.54, 1.807) is 6.92 Å². The molecule has 2 aromatic rings. The maximum atomic E-state index is 12.2. The van der Waals surface area contributed by atoms with Crippen LogP contribution >= 0.6 is 0 Å². The number of aromatic nitrogens is 1.